The Morgan fingerprint density at radius 1 is 1.24 bits per heavy atom. The summed E-state index contributed by atoms with van der Waals surface area (Å²) in [7, 11) is 1.49. The van der Waals surface area contributed by atoms with Gasteiger partial charge >= 0.3 is 6.18 Å². The van der Waals surface area contributed by atoms with Gasteiger partial charge in [-0.3, -0.25) is 0 Å². The monoisotopic (exact) mass is 468 g/mol. The van der Waals surface area contributed by atoms with E-state index in [1.807, 2.05) is 6.07 Å². The molecule has 0 aliphatic carbocycles. The van der Waals surface area contributed by atoms with Gasteiger partial charge in [0.2, 0.25) is 5.88 Å². The van der Waals surface area contributed by atoms with Gasteiger partial charge in [-0.2, -0.15) is 23.7 Å². The molecule has 0 atom stereocenters. The molecule has 0 fully saturated rings. The van der Waals surface area contributed by atoms with Crippen LogP contribution < -0.4 is 4.74 Å². The van der Waals surface area contributed by atoms with E-state index in [1.165, 1.54) is 7.11 Å². The van der Waals surface area contributed by atoms with E-state index in [-0.39, 0.29) is 16.1 Å². The number of rotatable bonds is 4. The lowest BCUT2D eigenvalue weighted by molar-refractivity contribution is -0.134. The summed E-state index contributed by atoms with van der Waals surface area (Å²) in [4.78, 5) is 10.7. The van der Waals surface area contributed by atoms with Crippen molar-refractivity contribution in [1.29, 1.82) is 10.5 Å². The minimum absolute atomic E-state index is 0.0658. The van der Waals surface area contributed by atoms with Crippen molar-refractivity contribution in [3.05, 3.63) is 57.6 Å². The molecule has 4 aromatic rings. The molecule has 33 heavy (non-hydrogen) atoms. The first-order valence-corrected chi connectivity index (χ1v) is 10.3. The molecule has 0 aliphatic rings. The van der Waals surface area contributed by atoms with Crippen molar-refractivity contribution in [3.8, 4) is 23.0 Å². The third kappa shape index (κ3) is 3.95. The average molecular weight is 468 g/mol. The molecule has 0 aromatic carbocycles. The Kier molecular flexibility index (Phi) is 5.44. The van der Waals surface area contributed by atoms with Crippen LogP contribution in [0.5, 0.6) is 5.88 Å². The molecule has 0 amide bonds. The van der Waals surface area contributed by atoms with E-state index < -0.39 is 11.1 Å². The van der Waals surface area contributed by atoms with E-state index in [9.17, 15) is 23.7 Å². The highest BCUT2D eigenvalue weighted by molar-refractivity contribution is 7.14. The van der Waals surface area contributed by atoms with E-state index in [4.69, 9.17) is 4.74 Å². The minimum Gasteiger partial charge on any atom is -0.481 e. The Labute approximate surface area is 190 Å². The number of nitriles is 2. The van der Waals surface area contributed by atoms with E-state index >= 15 is 0 Å². The Hall–Kier alpha value is -4.09. The number of halogens is 3. The number of H-pyrrole nitrogens is 1. The number of aryl methyl sites for hydroxylation is 1. The molecule has 4 heterocycles. The van der Waals surface area contributed by atoms with Crippen LogP contribution >= 0.6 is 11.3 Å². The van der Waals surface area contributed by atoms with Gasteiger partial charge in [0.05, 0.1) is 35.5 Å². The quantitative estimate of drug-likeness (QED) is 0.405. The Balaban J connectivity index is 1.81. The number of hydrogen-bond donors (Lipinski definition) is 1. The van der Waals surface area contributed by atoms with Crippen LogP contribution in [0.1, 0.15) is 33.2 Å². The van der Waals surface area contributed by atoms with Crippen molar-refractivity contribution in [2.45, 2.75) is 20.0 Å². The number of pyridine rings is 1. The number of ether oxygens (including phenoxy) is 1. The molecule has 11 heteroatoms. The fourth-order valence-electron chi connectivity index (χ4n) is 3.45. The first-order valence-electron chi connectivity index (χ1n) is 9.48. The van der Waals surface area contributed by atoms with Gasteiger partial charge in [-0.25, -0.2) is 9.97 Å². The zero-order valence-corrected chi connectivity index (χ0v) is 18.4. The fourth-order valence-corrected chi connectivity index (χ4v) is 4.54. The van der Waals surface area contributed by atoms with E-state index in [2.05, 4.69) is 21.0 Å². The highest BCUT2D eigenvalue weighted by Crippen LogP contribution is 2.39. The molecule has 7 nitrogen and oxygen atoms in total. The van der Waals surface area contributed by atoms with Gasteiger partial charge in [0.25, 0.3) is 0 Å². The van der Waals surface area contributed by atoms with Crippen molar-refractivity contribution in [2.75, 3.05) is 7.11 Å². The zero-order chi connectivity index (χ0) is 23.9. The van der Waals surface area contributed by atoms with E-state index in [0.29, 0.717) is 51.0 Å². The van der Waals surface area contributed by atoms with Crippen LogP contribution in [0.3, 0.4) is 0 Å². The van der Waals surface area contributed by atoms with Crippen LogP contribution in [-0.4, -0.2) is 26.6 Å². The number of hydrogen-bond acceptors (Lipinski definition) is 6. The normalized spacial score (nSPS) is 12.1. The number of nitrogens with zero attached hydrogens (tertiary/aromatic N) is 5. The summed E-state index contributed by atoms with van der Waals surface area (Å²) in [5, 5.41) is 19.3. The third-order valence-corrected chi connectivity index (χ3v) is 6.18. The first kappa shape index (κ1) is 22.1. The van der Waals surface area contributed by atoms with Gasteiger partial charge in [-0.15, -0.1) is 11.3 Å². The summed E-state index contributed by atoms with van der Waals surface area (Å²) in [5.41, 5.74) is 3.19. The maximum absolute atomic E-state index is 13.2. The van der Waals surface area contributed by atoms with Crippen LogP contribution in [0.2, 0.25) is 0 Å². The summed E-state index contributed by atoms with van der Waals surface area (Å²) < 4.78 is 46.3. The molecular weight excluding hydrogens is 453 g/mol. The van der Waals surface area contributed by atoms with Gasteiger partial charge in [0.15, 0.2) is 0 Å². The number of methoxy groups -OCH3 is 1. The molecule has 0 aliphatic heterocycles. The maximum Gasteiger partial charge on any atom is 0.425 e. The Morgan fingerprint density at radius 2 is 2.00 bits per heavy atom. The number of allylic oxidation sites excluding steroid dienone is 1. The van der Waals surface area contributed by atoms with Crippen molar-refractivity contribution in [3.63, 3.8) is 0 Å². The number of aromatic nitrogens is 4. The summed E-state index contributed by atoms with van der Waals surface area (Å²) in [6.45, 7) is 3.44. The summed E-state index contributed by atoms with van der Waals surface area (Å²) >= 11 is 0.506. The molecule has 4 rings (SSSR count). The lowest BCUT2D eigenvalue weighted by atomic mass is 10.1. The minimum atomic E-state index is -4.54. The molecule has 166 valence electrons. The predicted octanol–water partition coefficient (Wildman–Crippen LogP) is 5.39. The van der Waals surface area contributed by atoms with E-state index in [0.717, 1.165) is 6.07 Å². The number of fused-ring (bicyclic) bond motifs is 1. The van der Waals surface area contributed by atoms with Gasteiger partial charge in [0, 0.05) is 17.5 Å². The van der Waals surface area contributed by atoms with Crippen molar-refractivity contribution in [2.24, 2.45) is 0 Å². The summed E-state index contributed by atoms with van der Waals surface area (Å²) in [6.07, 6.45) is -1.39. The highest BCUT2D eigenvalue weighted by atomic mass is 32.1. The SMILES string of the molecule is COc1cc2nc(/C(C#N)=C/c3cc(C)n(-c4sc(C(F)(F)F)cc4C#N)c3C)[nH]c2cn1. The van der Waals surface area contributed by atoms with E-state index in [1.54, 1.807) is 42.8 Å². The van der Waals surface area contributed by atoms with Gasteiger partial charge < -0.3 is 14.3 Å². The Morgan fingerprint density at radius 3 is 2.64 bits per heavy atom. The fraction of sp³-hybridized carbons (Fsp3) is 0.182. The molecule has 0 saturated heterocycles. The molecular formula is C22H15F3N6OS. The molecule has 0 radical (unpaired) electrons. The van der Waals surface area contributed by atoms with Crippen LogP contribution in [0.4, 0.5) is 13.2 Å². The third-order valence-electron chi connectivity index (χ3n) is 5.01. The molecule has 1 N–H and O–H groups in total. The topological polar surface area (TPSA) is 103 Å². The number of alkyl halides is 3. The number of imidazole rings is 1. The highest BCUT2D eigenvalue weighted by Gasteiger charge is 2.34. The van der Waals surface area contributed by atoms with Crippen LogP contribution in [0, 0.1) is 36.5 Å². The number of nitrogens with one attached hydrogen (secondary N) is 1. The van der Waals surface area contributed by atoms with Gasteiger partial charge in [0.1, 0.15) is 27.8 Å². The second kappa shape index (κ2) is 8.11. The number of aromatic amines is 1. The predicted molar refractivity (Wildman–Crippen MR) is 117 cm³/mol. The maximum atomic E-state index is 13.2. The van der Waals surface area contributed by atoms with Crippen molar-refractivity contribution >= 4 is 34.0 Å². The standard InChI is InChI=1S/C22H15F3N6OS/c1-11-4-13(12(2)31(11)21-15(9-27)6-18(33-21)22(23,24)25)5-14(8-26)20-29-16-7-19(32-3)28-10-17(16)30-20/h4-7,10H,1-3H3,(H,29,30)/b14-5+. The van der Waals surface area contributed by atoms with Crippen LogP contribution in [0.25, 0.3) is 27.7 Å². The number of thiophene rings is 1. The average Bonchev–Trinajstić information content (AvgIpc) is 3.46. The zero-order valence-electron chi connectivity index (χ0n) is 17.6. The first-order chi connectivity index (χ1) is 15.7. The Bertz CT molecular complexity index is 1490. The van der Waals surface area contributed by atoms with Crippen LogP contribution in [-0.2, 0) is 6.18 Å². The lowest BCUT2D eigenvalue weighted by Gasteiger charge is -2.08. The molecule has 0 saturated carbocycles. The van der Waals surface area contributed by atoms with Crippen molar-refractivity contribution < 1.29 is 17.9 Å². The second-order valence-corrected chi connectivity index (χ2v) is 8.13. The molecule has 0 bridgehead atoms. The van der Waals surface area contributed by atoms with Crippen molar-refractivity contribution in [1.82, 2.24) is 19.5 Å². The van der Waals surface area contributed by atoms with Crippen LogP contribution in [0.15, 0.2) is 24.4 Å². The van der Waals surface area contributed by atoms with Gasteiger partial charge in [-0.05, 0) is 37.6 Å². The molecule has 4 aromatic heterocycles. The summed E-state index contributed by atoms with van der Waals surface area (Å²) in [5.74, 6) is 0.703. The smallest absolute Gasteiger partial charge is 0.425 e. The summed E-state index contributed by atoms with van der Waals surface area (Å²) in [6, 6.07) is 8.18. The molecule has 0 unspecified atom stereocenters. The molecule has 0 spiro atoms. The second-order valence-electron chi connectivity index (χ2n) is 7.10. The largest absolute Gasteiger partial charge is 0.481 e. The van der Waals surface area contributed by atoms with Gasteiger partial charge in [-0.1, -0.05) is 0 Å². The lowest BCUT2D eigenvalue weighted by Crippen LogP contribution is -2.01.